The summed E-state index contributed by atoms with van der Waals surface area (Å²) in [6.07, 6.45) is 6.42. The van der Waals surface area contributed by atoms with E-state index in [0.717, 1.165) is 39.0 Å². The molecular weight excluding hydrogens is 468 g/mol. The second-order valence-corrected chi connectivity index (χ2v) is 8.14. The number of benzene rings is 1. The molecule has 0 spiro atoms. The van der Waals surface area contributed by atoms with E-state index in [1.807, 2.05) is 18.3 Å². The predicted molar refractivity (Wildman–Crippen MR) is 126 cm³/mol. The molecule has 0 aliphatic carbocycles. The fourth-order valence-corrected chi connectivity index (χ4v) is 3.97. The number of rotatable bonds is 6. The van der Waals surface area contributed by atoms with Gasteiger partial charge in [0, 0.05) is 46.4 Å². The van der Waals surface area contributed by atoms with Crippen LogP contribution < -0.4 is 15.6 Å². The summed E-state index contributed by atoms with van der Waals surface area (Å²) in [5, 5.41) is 13.8. The number of carbonyl (C=O) groups is 1. The smallest absolute Gasteiger partial charge is 0.263 e. The van der Waals surface area contributed by atoms with Crippen molar-refractivity contribution in [3.8, 4) is 11.1 Å². The molecule has 0 saturated carbocycles. The molecule has 1 aromatic carbocycles. The van der Waals surface area contributed by atoms with Crippen LogP contribution >= 0.6 is 0 Å². The highest BCUT2D eigenvalue weighted by molar-refractivity contribution is 5.94. The number of fused-ring (bicyclic) bond motifs is 1. The summed E-state index contributed by atoms with van der Waals surface area (Å²) in [5.74, 6) is -2.63. The molecule has 0 bridgehead atoms. The average molecular weight is 488 g/mol. The van der Waals surface area contributed by atoms with Gasteiger partial charge in [-0.05, 0) is 47.5 Å². The van der Waals surface area contributed by atoms with Gasteiger partial charge in [0.15, 0.2) is 11.6 Å². The molecular formula is C26H20F2N5O3+. The highest BCUT2D eigenvalue weighted by atomic mass is 19.2. The second kappa shape index (κ2) is 9.41. The standard InChI is InChI=1S/C26H19F2N5O3/c27-22-6-5-16(11-23(22)28)15-32-9-2-4-20(26(32)35)25(34)31-13-18-12-17(7-10-33(18)36)21-14-30-24-19(21)3-1-8-29-24/h1-12,14,36H,13,15H2,(H,31,34)/p+1. The monoisotopic (exact) mass is 488 g/mol. The number of halogens is 2. The summed E-state index contributed by atoms with van der Waals surface area (Å²) in [6, 6.07) is 13.5. The number of aromatic amines is 1. The zero-order valence-corrected chi connectivity index (χ0v) is 18.8. The SMILES string of the molecule is O=C(NCc1cc(-c2c[nH]c3ncccc23)cc[n+]1O)c1cccn(Cc2ccc(F)c(F)c2)c1=O. The van der Waals surface area contributed by atoms with Crippen LogP contribution in [0.2, 0.25) is 0 Å². The predicted octanol–water partition coefficient (Wildman–Crippen LogP) is 3.17. The number of carbonyl (C=O) groups excluding carboxylic acids is 1. The summed E-state index contributed by atoms with van der Waals surface area (Å²) < 4.78 is 28.8. The van der Waals surface area contributed by atoms with E-state index in [1.165, 1.54) is 35.2 Å². The van der Waals surface area contributed by atoms with Gasteiger partial charge in [-0.2, -0.15) is 0 Å². The van der Waals surface area contributed by atoms with Gasteiger partial charge in [0.05, 0.1) is 6.54 Å². The molecule has 10 heteroatoms. The number of aromatic nitrogens is 4. The van der Waals surface area contributed by atoms with Gasteiger partial charge in [0.25, 0.3) is 17.2 Å². The van der Waals surface area contributed by atoms with Crippen molar-refractivity contribution in [1.82, 2.24) is 19.9 Å². The quantitative estimate of drug-likeness (QED) is 0.252. The Bertz CT molecular complexity index is 1660. The normalized spacial score (nSPS) is 11.1. The van der Waals surface area contributed by atoms with Crippen LogP contribution in [0.1, 0.15) is 21.6 Å². The van der Waals surface area contributed by atoms with E-state index in [2.05, 4.69) is 15.3 Å². The van der Waals surface area contributed by atoms with Crippen LogP contribution in [0.3, 0.4) is 0 Å². The molecule has 5 aromatic rings. The fraction of sp³-hybridized carbons (Fsp3) is 0.0769. The molecule has 1 amide bonds. The molecule has 36 heavy (non-hydrogen) atoms. The number of hydrogen-bond acceptors (Lipinski definition) is 4. The van der Waals surface area contributed by atoms with Crippen molar-refractivity contribution >= 4 is 16.9 Å². The first-order chi connectivity index (χ1) is 17.4. The number of nitrogens with one attached hydrogen (secondary N) is 2. The third-order valence-corrected chi connectivity index (χ3v) is 5.81. The lowest BCUT2D eigenvalue weighted by Gasteiger charge is -2.09. The largest absolute Gasteiger partial charge is 0.346 e. The number of nitrogens with zero attached hydrogens (tertiary/aromatic N) is 3. The van der Waals surface area contributed by atoms with Crippen LogP contribution in [0.25, 0.3) is 22.2 Å². The highest BCUT2D eigenvalue weighted by Crippen LogP contribution is 2.27. The third kappa shape index (κ3) is 4.43. The van der Waals surface area contributed by atoms with Crippen molar-refractivity contribution in [3.05, 3.63) is 118 Å². The van der Waals surface area contributed by atoms with Gasteiger partial charge < -0.3 is 14.9 Å². The fourth-order valence-electron chi connectivity index (χ4n) is 3.97. The maximum Gasteiger partial charge on any atom is 0.263 e. The molecule has 180 valence electrons. The Labute approximate surface area is 203 Å². The summed E-state index contributed by atoms with van der Waals surface area (Å²) in [5.41, 5.74) is 2.47. The highest BCUT2D eigenvalue weighted by Gasteiger charge is 2.18. The van der Waals surface area contributed by atoms with Crippen LogP contribution in [0.15, 0.2) is 84.2 Å². The number of amides is 1. The van der Waals surface area contributed by atoms with E-state index in [0.29, 0.717) is 11.3 Å². The Morgan fingerprint density at radius 1 is 1.11 bits per heavy atom. The van der Waals surface area contributed by atoms with Crippen molar-refractivity contribution < 1.29 is 23.5 Å². The molecule has 8 nitrogen and oxygen atoms in total. The minimum atomic E-state index is -1.02. The number of pyridine rings is 3. The molecule has 0 unspecified atom stereocenters. The molecule has 4 heterocycles. The molecule has 0 aliphatic heterocycles. The lowest BCUT2D eigenvalue weighted by molar-refractivity contribution is -0.909. The van der Waals surface area contributed by atoms with Gasteiger partial charge in [0.1, 0.15) is 17.8 Å². The van der Waals surface area contributed by atoms with Crippen molar-refractivity contribution in [1.29, 1.82) is 0 Å². The summed E-state index contributed by atoms with van der Waals surface area (Å²) in [6.45, 7) is -0.0867. The molecule has 4 aromatic heterocycles. The topological polar surface area (TPSA) is 104 Å². The first-order valence-electron chi connectivity index (χ1n) is 11.0. The van der Waals surface area contributed by atoms with Crippen molar-refractivity contribution in [3.63, 3.8) is 0 Å². The Hall–Kier alpha value is -4.86. The summed E-state index contributed by atoms with van der Waals surface area (Å²) in [7, 11) is 0. The third-order valence-electron chi connectivity index (χ3n) is 5.81. The van der Waals surface area contributed by atoms with E-state index < -0.39 is 23.1 Å². The van der Waals surface area contributed by atoms with Gasteiger partial charge >= 0.3 is 0 Å². The van der Waals surface area contributed by atoms with Gasteiger partial charge in [0.2, 0.25) is 6.20 Å². The molecule has 0 radical (unpaired) electrons. The maximum absolute atomic E-state index is 13.5. The van der Waals surface area contributed by atoms with Crippen LogP contribution in [-0.2, 0) is 13.1 Å². The minimum Gasteiger partial charge on any atom is -0.346 e. The van der Waals surface area contributed by atoms with Crippen molar-refractivity contribution in [2.75, 3.05) is 0 Å². The van der Waals surface area contributed by atoms with E-state index >= 15 is 0 Å². The van der Waals surface area contributed by atoms with Crippen molar-refractivity contribution in [2.45, 2.75) is 13.1 Å². The van der Waals surface area contributed by atoms with Gasteiger partial charge in [-0.15, -0.1) is 0 Å². The average Bonchev–Trinajstić information content (AvgIpc) is 3.31. The molecule has 3 N–H and O–H groups in total. The van der Waals surface area contributed by atoms with E-state index in [9.17, 15) is 23.6 Å². The van der Waals surface area contributed by atoms with Gasteiger partial charge in [-0.3, -0.25) is 14.8 Å². The Kier molecular flexibility index (Phi) is 5.99. The molecule has 0 atom stereocenters. The Morgan fingerprint density at radius 3 is 2.81 bits per heavy atom. The van der Waals surface area contributed by atoms with Crippen LogP contribution in [-0.4, -0.2) is 25.6 Å². The minimum absolute atomic E-state index is 0.0324. The van der Waals surface area contributed by atoms with Crippen LogP contribution in [0.4, 0.5) is 8.78 Å². The van der Waals surface area contributed by atoms with E-state index in [1.54, 1.807) is 18.3 Å². The summed E-state index contributed by atoms with van der Waals surface area (Å²) >= 11 is 0. The van der Waals surface area contributed by atoms with E-state index in [4.69, 9.17) is 0 Å². The molecule has 0 aliphatic rings. The van der Waals surface area contributed by atoms with Gasteiger partial charge in [-0.1, -0.05) is 6.07 Å². The zero-order chi connectivity index (χ0) is 25.2. The van der Waals surface area contributed by atoms with Crippen LogP contribution in [0.5, 0.6) is 0 Å². The molecule has 0 fully saturated rings. The first kappa shape index (κ1) is 22.9. The zero-order valence-electron chi connectivity index (χ0n) is 18.8. The molecule has 5 rings (SSSR count). The number of H-pyrrole nitrogens is 1. The first-order valence-corrected chi connectivity index (χ1v) is 11.0. The van der Waals surface area contributed by atoms with E-state index in [-0.39, 0.29) is 18.7 Å². The van der Waals surface area contributed by atoms with Gasteiger partial charge in [-0.25, -0.2) is 13.8 Å². The van der Waals surface area contributed by atoms with Crippen LogP contribution in [0, 0.1) is 11.6 Å². The Morgan fingerprint density at radius 2 is 1.97 bits per heavy atom. The Balaban J connectivity index is 1.35. The number of hydrogen-bond donors (Lipinski definition) is 3. The molecule has 0 saturated heterocycles. The van der Waals surface area contributed by atoms with Crippen molar-refractivity contribution in [2.24, 2.45) is 0 Å². The lowest BCUT2D eigenvalue weighted by Crippen LogP contribution is -2.39. The lowest BCUT2D eigenvalue weighted by atomic mass is 10.1. The maximum atomic E-state index is 13.5. The summed E-state index contributed by atoms with van der Waals surface area (Å²) in [4.78, 5) is 33.0. The second-order valence-electron chi connectivity index (χ2n) is 8.14.